The number of halogens is 1. The smallest absolute Gasteiger partial charge is 0.294 e. The van der Waals surface area contributed by atoms with E-state index in [1.165, 1.54) is 0 Å². The number of imide groups is 1. The normalized spacial score (nSPS) is 15.0. The standard InChI is InChI=1S/C21H19BrN2O4S2/c1-3-28-17-8-7-13(9-16(17)22)10-18-20(26)24(21(27)30-18)12-19(25)23-14-5-4-6-15(11-14)29-2/h4-11H,3,12H2,1-2H3,(H,23,25)/b18-10-. The second-order valence-electron chi connectivity index (χ2n) is 6.17. The lowest BCUT2D eigenvalue weighted by Crippen LogP contribution is -2.36. The number of carbonyl (C=O) groups is 3. The Morgan fingerprint density at radius 2 is 2.07 bits per heavy atom. The summed E-state index contributed by atoms with van der Waals surface area (Å²) < 4.78 is 6.23. The van der Waals surface area contributed by atoms with Crippen molar-refractivity contribution in [3.63, 3.8) is 0 Å². The van der Waals surface area contributed by atoms with Gasteiger partial charge in [-0.2, -0.15) is 0 Å². The molecule has 0 spiro atoms. The van der Waals surface area contributed by atoms with E-state index >= 15 is 0 Å². The van der Waals surface area contributed by atoms with Crippen molar-refractivity contribution >= 4 is 68.3 Å². The van der Waals surface area contributed by atoms with Crippen LogP contribution in [0.1, 0.15) is 12.5 Å². The summed E-state index contributed by atoms with van der Waals surface area (Å²) in [5, 5.41) is 2.26. The van der Waals surface area contributed by atoms with Crippen LogP contribution >= 0.6 is 39.5 Å². The Morgan fingerprint density at radius 3 is 2.77 bits per heavy atom. The number of anilines is 1. The summed E-state index contributed by atoms with van der Waals surface area (Å²) in [6, 6.07) is 12.8. The van der Waals surface area contributed by atoms with Gasteiger partial charge in [-0.15, -0.1) is 11.8 Å². The Balaban J connectivity index is 1.69. The molecule has 30 heavy (non-hydrogen) atoms. The van der Waals surface area contributed by atoms with Crippen LogP contribution < -0.4 is 10.1 Å². The van der Waals surface area contributed by atoms with E-state index < -0.39 is 17.1 Å². The summed E-state index contributed by atoms with van der Waals surface area (Å²) >= 11 is 5.81. The highest BCUT2D eigenvalue weighted by Crippen LogP contribution is 2.34. The first-order valence-electron chi connectivity index (χ1n) is 9.03. The van der Waals surface area contributed by atoms with E-state index in [-0.39, 0.29) is 11.4 Å². The van der Waals surface area contributed by atoms with Gasteiger partial charge in [0.05, 0.1) is 16.0 Å². The molecule has 3 amide bonds. The Hall–Kier alpha value is -2.23. The first kappa shape index (κ1) is 22.5. The van der Waals surface area contributed by atoms with Gasteiger partial charge in [0.25, 0.3) is 11.1 Å². The van der Waals surface area contributed by atoms with Crippen molar-refractivity contribution in [1.29, 1.82) is 0 Å². The Bertz CT molecular complexity index is 1030. The fourth-order valence-electron chi connectivity index (χ4n) is 2.71. The predicted molar refractivity (Wildman–Crippen MR) is 125 cm³/mol. The number of carbonyl (C=O) groups excluding carboxylic acids is 3. The molecule has 0 atom stereocenters. The fraction of sp³-hybridized carbons (Fsp3) is 0.190. The minimum Gasteiger partial charge on any atom is -0.493 e. The van der Waals surface area contributed by atoms with Crippen LogP contribution in [0.3, 0.4) is 0 Å². The Labute approximate surface area is 191 Å². The molecule has 1 fully saturated rings. The second-order valence-corrected chi connectivity index (χ2v) is 8.90. The van der Waals surface area contributed by atoms with Crippen LogP contribution in [0, 0.1) is 0 Å². The summed E-state index contributed by atoms with van der Waals surface area (Å²) in [6.07, 6.45) is 3.57. The number of rotatable bonds is 7. The highest BCUT2D eigenvalue weighted by molar-refractivity contribution is 9.10. The maximum absolute atomic E-state index is 12.7. The average molecular weight is 507 g/mol. The topological polar surface area (TPSA) is 75.7 Å². The summed E-state index contributed by atoms with van der Waals surface area (Å²) in [5.74, 6) is -0.214. The van der Waals surface area contributed by atoms with Gasteiger partial charge in [-0.3, -0.25) is 19.3 Å². The van der Waals surface area contributed by atoms with E-state index in [0.717, 1.165) is 31.6 Å². The van der Waals surface area contributed by atoms with Crippen LogP contribution in [-0.4, -0.2) is 41.4 Å². The molecule has 1 aliphatic rings. The molecule has 0 aromatic heterocycles. The molecule has 1 saturated heterocycles. The highest BCUT2D eigenvalue weighted by atomic mass is 79.9. The van der Waals surface area contributed by atoms with Gasteiger partial charge >= 0.3 is 0 Å². The average Bonchev–Trinajstić information content (AvgIpc) is 2.97. The maximum atomic E-state index is 12.7. The summed E-state index contributed by atoms with van der Waals surface area (Å²) in [6.45, 7) is 2.10. The Morgan fingerprint density at radius 1 is 1.27 bits per heavy atom. The van der Waals surface area contributed by atoms with Crippen molar-refractivity contribution in [2.75, 3.05) is 24.7 Å². The van der Waals surface area contributed by atoms with Gasteiger partial charge < -0.3 is 10.1 Å². The molecule has 0 bridgehead atoms. The largest absolute Gasteiger partial charge is 0.493 e. The van der Waals surface area contributed by atoms with Crippen molar-refractivity contribution in [3.05, 3.63) is 57.4 Å². The molecule has 1 heterocycles. The number of amides is 3. The monoisotopic (exact) mass is 506 g/mol. The first-order valence-corrected chi connectivity index (χ1v) is 11.9. The molecule has 9 heteroatoms. The number of thioether (sulfide) groups is 2. The Kier molecular flexibility index (Phi) is 7.63. The molecule has 0 unspecified atom stereocenters. The predicted octanol–water partition coefficient (Wildman–Crippen LogP) is 5.24. The number of hydrogen-bond donors (Lipinski definition) is 1. The van der Waals surface area contributed by atoms with Gasteiger partial charge in [0.1, 0.15) is 12.3 Å². The van der Waals surface area contributed by atoms with Crippen molar-refractivity contribution < 1.29 is 19.1 Å². The van der Waals surface area contributed by atoms with Gasteiger partial charge in [-0.25, -0.2) is 0 Å². The maximum Gasteiger partial charge on any atom is 0.294 e. The minimum atomic E-state index is -0.483. The van der Waals surface area contributed by atoms with Gasteiger partial charge in [-0.05, 0) is 82.8 Å². The van der Waals surface area contributed by atoms with Crippen LogP contribution in [0.15, 0.2) is 56.7 Å². The van der Waals surface area contributed by atoms with E-state index in [4.69, 9.17) is 4.74 Å². The number of nitrogens with one attached hydrogen (secondary N) is 1. The number of hydrogen-bond acceptors (Lipinski definition) is 6. The fourth-order valence-corrected chi connectivity index (χ4v) is 4.52. The third kappa shape index (κ3) is 5.47. The number of benzene rings is 2. The first-order chi connectivity index (χ1) is 14.4. The molecular formula is C21H19BrN2O4S2. The van der Waals surface area contributed by atoms with Crippen molar-refractivity contribution in [2.24, 2.45) is 0 Å². The van der Waals surface area contributed by atoms with E-state index in [0.29, 0.717) is 18.0 Å². The van der Waals surface area contributed by atoms with E-state index in [9.17, 15) is 14.4 Å². The quantitative estimate of drug-likeness (QED) is 0.408. The van der Waals surface area contributed by atoms with Gasteiger partial charge in [0, 0.05) is 10.6 Å². The molecule has 6 nitrogen and oxygen atoms in total. The number of nitrogens with zero attached hydrogens (tertiary/aromatic N) is 1. The van der Waals surface area contributed by atoms with Crippen LogP contribution in [0.5, 0.6) is 5.75 Å². The van der Waals surface area contributed by atoms with Crippen LogP contribution in [0.4, 0.5) is 10.5 Å². The zero-order chi connectivity index (χ0) is 21.7. The minimum absolute atomic E-state index is 0.272. The molecular weight excluding hydrogens is 488 g/mol. The lowest BCUT2D eigenvalue weighted by molar-refractivity contribution is -0.127. The zero-order valence-corrected chi connectivity index (χ0v) is 19.5. The molecule has 156 valence electrons. The lowest BCUT2D eigenvalue weighted by Gasteiger charge is -2.12. The second kappa shape index (κ2) is 10.2. The van der Waals surface area contributed by atoms with Crippen molar-refractivity contribution in [3.8, 4) is 5.75 Å². The van der Waals surface area contributed by atoms with Gasteiger partial charge in [0.2, 0.25) is 5.91 Å². The third-order valence-corrected chi connectivity index (χ3v) is 6.33. The van der Waals surface area contributed by atoms with E-state index in [2.05, 4.69) is 21.2 Å². The number of ether oxygens (including phenoxy) is 1. The van der Waals surface area contributed by atoms with Crippen LogP contribution in [-0.2, 0) is 9.59 Å². The SMILES string of the molecule is CCOc1ccc(/C=C2\SC(=O)N(CC(=O)Nc3cccc(SC)c3)C2=O)cc1Br. The van der Waals surface area contributed by atoms with Crippen LogP contribution in [0.25, 0.3) is 6.08 Å². The van der Waals surface area contributed by atoms with Gasteiger partial charge in [-0.1, -0.05) is 12.1 Å². The molecule has 0 aliphatic carbocycles. The lowest BCUT2D eigenvalue weighted by atomic mass is 10.2. The molecule has 3 rings (SSSR count). The third-order valence-electron chi connectivity index (χ3n) is 4.08. The molecule has 0 radical (unpaired) electrons. The van der Waals surface area contributed by atoms with Gasteiger partial charge in [0.15, 0.2) is 0 Å². The molecule has 1 N–H and O–H groups in total. The molecule has 2 aromatic rings. The molecule has 2 aromatic carbocycles. The van der Waals surface area contributed by atoms with E-state index in [1.54, 1.807) is 36.0 Å². The van der Waals surface area contributed by atoms with Crippen molar-refractivity contribution in [1.82, 2.24) is 4.90 Å². The van der Waals surface area contributed by atoms with Crippen molar-refractivity contribution in [2.45, 2.75) is 11.8 Å². The zero-order valence-electron chi connectivity index (χ0n) is 16.3. The summed E-state index contributed by atoms with van der Waals surface area (Å²) in [7, 11) is 0. The highest BCUT2D eigenvalue weighted by Gasteiger charge is 2.36. The summed E-state index contributed by atoms with van der Waals surface area (Å²) in [4.78, 5) is 39.5. The molecule has 1 aliphatic heterocycles. The summed E-state index contributed by atoms with van der Waals surface area (Å²) in [5.41, 5.74) is 1.36. The van der Waals surface area contributed by atoms with E-state index in [1.807, 2.05) is 37.4 Å². The van der Waals surface area contributed by atoms with Crippen LogP contribution in [0.2, 0.25) is 0 Å². The molecule has 0 saturated carbocycles.